The summed E-state index contributed by atoms with van der Waals surface area (Å²) < 4.78 is 1.70. The summed E-state index contributed by atoms with van der Waals surface area (Å²) >= 11 is 6.06. The predicted molar refractivity (Wildman–Crippen MR) is 54.9 cm³/mol. The van der Waals surface area contributed by atoms with Crippen molar-refractivity contribution in [1.82, 2.24) is 9.78 Å². The molecule has 0 saturated carbocycles. The van der Waals surface area contributed by atoms with Crippen LogP contribution in [0, 0.1) is 6.92 Å². The van der Waals surface area contributed by atoms with Crippen molar-refractivity contribution in [2.45, 2.75) is 32.7 Å². The van der Waals surface area contributed by atoms with Crippen LogP contribution in [0.1, 0.15) is 24.6 Å². The first kappa shape index (κ1) is 10.5. The van der Waals surface area contributed by atoms with E-state index in [2.05, 4.69) is 5.10 Å². The van der Waals surface area contributed by atoms with Crippen molar-refractivity contribution in [3.63, 3.8) is 0 Å². The van der Waals surface area contributed by atoms with E-state index in [0.717, 1.165) is 29.3 Å². The van der Waals surface area contributed by atoms with Crippen LogP contribution in [-0.4, -0.2) is 15.8 Å². The molecule has 74 valence electrons. The number of aromatic nitrogens is 2. The Balaban J connectivity index is 2.76. The summed E-state index contributed by atoms with van der Waals surface area (Å²) in [4.78, 5) is 0. The van der Waals surface area contributed by atoms with Gasteiger partial charge < -0.3 is 5.73 Å². The summed E-state index contributed by atoms with van der Waals surface area (Å²) in [6.45, 7) is 3.97. The maximum Gasteiger partial charge on any atom is 0.130 e. The molecule has 0 aromatic carbocycles. The van der Waals surface area contributed by atoms with Crippen molar-refractivity contribution in [3.8, 4) is 0 Å². The first-order chi connectivity index (χ1) is 6.02. The Bertz CT molecular complexity index is 291. The molecule has 4 heteroatoms. The maximum atomic E-state index is 6.06. The highest BCUT2D eigenvalue weighted by Crippen LogP contribution is 2.20. The topological polar surface area (TPSA) is 43.8 Å². The summed E-state index contributed by atoms with van der Waals surface area (Å²) in [5.74, 6) is 0. The van der Waals surface area contributed by atoms with Gasteiger partial charge in [0.25, 0.3) is 0 Å². The summed E-state index contributed by atoms with van der Waals surface area (Å²) in [5, 5.41) is 4.97. The molecule has 0 aliphatic carbocycles. The Morgan fingerprint density at radius 1 is 1.62 bits per heavy atom. The standard InChI is InChI=1S/C9H16ClN3/c1-6(11)4-5-8-7(2)12-13(3)9(8)10/h6H,4-5,11H2,1-3H3. The fraction of sp³-hybridized carbons (Fsp3) is 0.667. The number of hydrogen-bond donors (Lipinski definition) is 1. The lowest BCUT2D eigenvalue weighted by Gasteiger charge is -2.03. The van der Waals surface area contributed by atoms with Crippen molar-refractivity contribution in [3.05, 3.63) is 16.4 Å². The number of nitrogens with two attached hydrogens (primary N) is 1. The predicted octanol–water partition coefficient (Wildman–Crippen LogP) is 1.66. The van der Waals surface area contributed by atoms with Crippen LogP contribution >= 0.6 is 11.6 Å². The average molecular weight is 202 g/mol. The zero-order chi connectivity index (χ0) is 10.0. The highest BCUT2D eigenvalue weighted by molar-refractivity contribution is 6.30. The Morgan fingerprint density at radius 2 is 2.23 bits per heavy atom. The van der Waals surface area contributed by atoms with E-state index in [1.54, 1.807) is 4.68 Å². The van der Waals surface area contributed by atoms with Gasteiger partial charge in [-0.2, -0.15) is 5.10 Å². The fourth-order valence-corrected chi connectivity index (χ4v) is 1.60. The molecule has 0 bridgehead atoms. The molecule has 3 nitrogen and oxygen atoms in total. The average Bonchev–Trinajstić information content (AvgIpc) is 2.24. The number of halogens is 1. The molecule has 2 N–H and O–H groups in total. The lowest BCUT2D eigenvalue weighted by Crippen LogP contribution is -2.15. The molecule has 0 fully saturated rings. The van der Waals surface area contributed by atoms with E-state index in [1.807, 2.05) is 20.9 Å². The minimum atomic E-state index is 0.218. The van der Waals surface area contributed by atoms with Crippen molar-refractivity contribution in [2.75, 3.05) is 0 Å². The number of rotatable bonds is 3. The van der Waals surface area contributed by atoms with Crippen LogP contribution in [-0.2, 0) is 13.5 Å². The van der Waals surface area contributed by atoms with Gasteiger partial charge in [-0.1, -0.05) is 11.6 Å². The maximum absolute atomic E-state index is 6.06. The van der Waals surface area contributed by atoms with Gasteiger partial charge in [-0.05, 0) is 26.7 Å². The van der Waals surface area contributed by atoms with Crippen LogP contribution < -0.4 is 5.73 Å². The normalized spacial score (nSPS) is 13.3. The van der Waals surface area contributed by atoms with Crippen molar-refractivity contribution >= 4 is 11.6 Å². The number of aryl methyl sites for hydroxylation is 2. The summed E-state index contributed by atoms with van der Waals surface area (Å²) in [7, 11) is 1.85. The Kier molecular flexibility index (Phi) is 3.33. The molecule has 0 amide bonds. The molecule has 1 heterocycles. The smallest absolute Gasteiger partial charge is 0.130 e. The van der Waals surface area contributed by atoms with E-state index in [-0.39, 0.29) is 6.04 Å². The molecular formula is C9H16ClN3. The molecular weight excluding hydrogens is 186 g/mol. The Labute approximate surface area is 83.9 Å². The lowest BCUT2D eigenvalue weighted by molar-refractivity contribution is 0.664. The van der Waals surface area contributed by atoms with E-state index >= 15 is 0 Å². The molecule has 0 saturated heterocycles. The highest BCUT2D eigenvalue weighted by Gasteiger charge is 2.10. The van der Waals surface area contributed by atoms with E-state index in [1.165, 1.54) is 0 Å². The quantitative estimate of drug-likeness (QED) is 0.809. The molecule has 13 heavy (non-hydrogen) atoms. The minimum Gasteiger partial charge on any atom is -0.328 e. The largest absolute Gasteiger partial charge is 0.328 e. The molecule has 0 aliphatic rings. The highest BCUT2D eigenvalue weighted by atomic mass is 35.5. The summed E-state index contributed by atoms with van der Waals surface area (Å²) in [6.07, 6.45) is 1.86. The molecule has 0 aliphatic heterocycles. The SMILES string of the molecule is Cc1nn(C)c(Cl)c1CCC(C)N. The third-order valence-electron chi connectivity index (χ3n) is 2.12. The third kappa shape index (κ3) is 2.45. The molecule has 1 unspecified atom stereocenters. The fourth-order valence-electron chi connectivity index (χ4n) is 1.33. The van der Waals surface area contributed by atoms with E-state index in [0.29, 0.717) is 0 Å². The molecule has 1 atom stereocenters. The van der Waals surface area contributed by atoms with Gasteiger partial charge in [0.05, 0.1) is 5.69 Å². The van der Waals surface area contributed by atoms with Crippen LogP contribution in [0.3, 0.4) is 0 Å². The van der Waals surface area contributed by atoms with Gasteiger partial charge in [0, 0.05) is 18.7 Å². The molecule has 1 aromatic heterocycles. The van der Waals surface area contributed by atoms with Gasteiger partial charge in [0.15, 0.2) is 0 Å². The van der Waals surface area contributed by atoms with Crippen molar-refractivity contribution < 1.29 is 0 Å². The van der Waals surface area contributed by atoms with Gasteiger partial charge in [-0.3, -0.25) is 4.68 Å². The van der Waals surface area contributed by atoms with Gasteiger partial charge in [0.2, 0.25) is 0 Å². The Morgan fingerprint density at radius 3 is 2.62 bits per heavy atom. The van der Waals surface area contributed by atoms with Gasteiger partial charge >= 0.3 is 0 Å². The minimum absolute atomic E-state index is 0.218. The Hall–Kier alpha value is -0.540. The van der Waals surface area contributed by atoms with Crippen LogP contribution in [0.15, 0.2) is 0 Å². The summed E-state index contributed by atoms with van der Waals surface area (Å²) in [5.41, 5.74) is 7.81. The van der Waals surface area contributed by atoms with Crippen LogP contribution in [0.5, 0.6) is 0 Å². The lowest BCUT2D eigenvalue weighted by atomic mass is 10.1. The van der Waals surface area contributed by atoms with Crippen LogP contribution in [0.2, 0.25) is 5.15 Å². The zero-order valence-corrected chi connectivity index (χ0v) is 9.10. The number of nitrogens with zero attached hydrogens (tertiary/aromatic N) is 2. The second-order valence-electron chi connectivity index (χ2n) is 3.49. The van der Waals surface area contributed by atoms with E-state index in [9.17, 15) is 0 Å². The zero-order valence-electron chi connectivity index (χ0n) is 8.34. The second kappa shape index (κ2) is 4.11. The number of hydrogen-bond acceptors (Lipinski definition) is 2. The second-order valence-corrected chi connectivity index (χ2v) is 3.85. The molecule has 0 spiro atoms. The molecule has 1 rings (SSSR count). The van der Waals surface area contributed by atoms with Crippen molar-refractivity contribution in [2.24, 2.45) is 12.8 Å². The van der Waals surface area contributed by atoms with Crippen molar-refractivity contribution in [1.29, 1.82) is 0 Å². The third-order valence-corrected chi connectivity index (χ3v) is 2.59. The first-order valence-electron chi connectivity index (χ1n) is 4.46. The monoisotopic (exact) mass is 201 g/mol. The molecule has 1 aromatic rings. The first-order valence-corrected chi connectivity index (χ1v) is 4.83. The van der Waals surface area contributed by atoms with E-state index in [4.69, 9.17) is 17.3 Å². The van der Waals surface area contributed by atoms with E-state index < -0.39 is 0 Å². The van der Waals surface area contributed by atoms with Gasteiger partial charge in [-0.15, -0.1) is 0 Å². The summed E-state index contributed by atoms with van der Waals surface area (Å²) in [6, 6.07) is 0.218. The van der Waals surface area contributed by atoms with Crippen LogP contribution in [0.4, 0.5) is 0 Å². The molecule has 0 radical (unpaired) electrons. The van der Waals surface area contributed by atoms with Crippen LogP contribution in [0.25, 0.3) is 0 Å². The van der Waals surface area contributed by atoms with Gasteiger partial charge in [-0.25, -0.2) is 0 Å². The van der Waals surface area contributed by atoms with Gasteiger partial charge in [0.1, 0.15) is 5.15 Å².